The molecule has 0 bridgehead atoms. The predicted molar refractivity (Wildman–Crippen MR) is 52.2 cm³/mol. The van der Waals surface area contributed by atoms with Gasteiger partial charge in [-0.05, 0) is 19.1 Å². The maximum Gasteiger partial charge on any atom is 0.140 e. The lowest BCUT2D eigenvalue weighted by atomic mass is 10.3. The van der Waals surface area contributed by atoms with Crippen molar-refractivity contribution < 1.29 is 0 Å². The molecule has 1 rings (SSSR count). The number of anilines is 1. The molecule has 3 nitrogen and oxygen atoms in total. The van der Waals surface area contributed by atoms with Crippen molar-refractivity contribution in [2.75, 3.05) is 5.32 Å². The highest BCUT2D eigenvalue weighted by Crippen LogP contribution is 2.07. The van der Waals surface area contributed by atoms with Crippen molar-refractivity contribution in [1.29, 1.82) is 5.26 Å². The Kier molecular flexibility index (Phi) is 3.04. The lowest BCUT2D eigenvalue weighted by Crippen LogP contribution is -2.11. The monoisotopic (exact) mass is 173 g/mol. The van der Waals surface area contributed by atoms with Crippen molar-refractivity contribution in [3.8, 4) is 6.07 Å². The maximum absolute atomic E-state index is 8.51. The zero-order valence-corrected chi connectivity index (χ0v) is 7.49. The van der Waals surface area contributed by atoms with Gasteiger partial charge in [0.05, 0.1) is 11.9 Å². The molecular weight excluding hydrogens is 162 g/mol. The molecule has 1 aromatic heterocycles. The van der Waals surface area contributed by atoms with Gasteiger partial charge in [0.15, 0.2) is 0 Å². The minimum atomic E-state index is 0.203. The summed E-state index contributed by atoms with van der Waals surface area (Å²) in [6.07, 6.45) is 3.44. The fraction of sp³-hybridized carbons (Fsp3) is 0.200. The van der Waals surface area contributed by atoms with Crippen LogP contribution in [0.2, 0.25) is 0 Å². The summed E-state index contributed by atoms with van der Waals surface area (Å²) in [6, 6.07) is 5.67. The van der Waals surface area contributed by atoms with Crippen molar-refractivity contribution in [3.63, 3.8) is 0 Å². The predicted octanol–water partition coefficient (Wildman–Crippen LogP) is 1.94. The number of nitriles is 1. The Morgan fingerprint density at radius 3 is 2.92 bits per heavy atom. The number of rotatable bonds is 3. The SMILES string of the molecule is C=CC(C)Nc1ccc(C#N)nc1. The zero-order chi connectivity index (χ0) is 9.68. The molecule has 0 aliphatic rings. The van der Waals surface area contributed by atoms with Crippen molar-refractivity contribution in [1.82, 2.24) is 4.98 Å². The highest BCUT2D eigenvalue weighted by atomic mass is 14.9. The Labute approximate surface area is 77.7 Å². The smallest absolute Gasteiger partial charge is 0.140 e. The average Bonchev–Trinajstić information content (AvgIpc) is 2.19. The van der Waals surface area contributed by atoms with Crippen LogP contribution in [0, 0.1) is 11.3 Å². The topological polar surface area (TPSA) is 48.7 Å². The lowest BCUT2D eigenvalue weighted by Gasteiger charge is -2.09. The first-order chi connectivity index (χ1) is 6.26. The first kappa shape index (κ1) is 9.27. The summed E-state index contributed by atoms with van der Waals surface area (Å²) < 4.78 is 0. The van der Waals surface area contributed by atoms with Crippen molar-refractivity contribution in [3.05, 3.63) is 36.7 Å². The Hall–Kier alpha value is -1.82. The molecule has 0 fully saturated rings. The third-order valence-electron chi connectivity index (χ3n) is 1.63. The summed E-state index contributed by atoms with van der Waals surface area (Å²) in [5, 5.41) is 11.7. The van der Waals surface area contributed by atoms with E-state index in [1.54, 1.807) is 18.3 Å². The third kappa shape index (κ3) is 2.60. The average molecular weight is 173 g/mol. The van der Waals surface area contributed by atoms with Crippen LogP contribution < -0.4 is 5.32 Å². The van der Waals surface area contributed by atoms with Gasteiger partial charge in [-0.15, -0.1) is 6.58 Å². The molecule has 1 atom stereocenters. The fourth-order valence-corrected chi connectivity index (χ4v) is 0.867. The van der Waals surface area contributed by atoms with E-state index in [9.17, 15) is 0 Å². The van der Waals surface area contributed by atoms with Gasteiger partial charge in [0.1, 0.15) is 11.8 Å². The quantitative estimate of drug-likeness (QED) is 0.710. The van der Waals surface area contributed by atoms with Gasteiger partial charge in [-0.25, -0.2) is 4.98 Å². The Morgan fingerprint density at radius 2 is 2.46 bits per heavy atom. The van der Waals surface area contributed by atoms with E-state index in [1.165, 1.54) is 0 Å². The molecule has 0 aromatic carbocycles. The van der Waals surface area contributed by atoms with Crippen LogP contribution in [0.25, 0.3) is 0 Å². The molecule has 0 spiro atoms. The van der Waals surface area contributed by atoms with Gasteiger partial charge < -0.3 is 5.32 Å². The summed E-state index contributed by atoms with van der Waals surface area (Å²) >= 11 is 0. The van der Waals surface area contributed by atoms with Gasteiger partial charge in [0.25, 0.3) is 0 Å². The van der Waals surface area contributed by atoms with E-state index in [4.69, 9.17) is 5.26 Å². The van der Waals surface area contributed by atoms with Gasteiger partial charge in [0.2, 0.25) is 0 Å². The molecule has 1 heterocycles. The van der Waals surface area contributed by atoms with Crippen molar-refractivity contribution in [2.24, 2.45) is 0 Å². The summed E-state index contributed by atoms with van der Waals surface area (Å²) in [4.78, 5) is 3.93. The number of aromatic nitrogens is 1. The standard InChI is InChI=1S/C10H11N3/c1-3-8(2)13-10-5-4-9(6-11)12-7-10/h3-5,7-8,13H,1H2,2H3. The number of nitrogens with zero attached hydrogens (tertiary/aromatic N) is 2. The van der Waals surface area contributed by atoms with E-state index in [0.29, 0.717) is 5.69 Å². The second-order valence-corrected chi connectivity index (χ2v) is 2.71. The molecule has 0 aliphatic heterocycles. The summed E-state index contributed by atoms with van der Waals surface area (Å²) in [5.41, 5.74) is 1.32. The molecule has 1 unspecified atom stereocenters. The number of hydrogen-bond acceptors (Lipinski definition) is 3. The van der Waals surface area contributed by atoms with E-state index in [2.05, 4.69) is 16.9 Å². The van der Waals surface area contributed by atoms with Gasteiger partial charge in [-0.3, -0.25) is 0 Å². The molecular formula is C10H11N3. The fourth-order valence-electron chi connectivity index (χ4n) is 0.867. The van der Waals surface area contributed by atoms with Crippen LogP contribution in [-0.4, -0.2) is 11.0 Å². The van der Waals surface area contributed by atoms with E-state index in [0.717, 1.165) is 5.69 Å². The number of pyridine rings is 1. The Balaban J connectivity index is 2.70. The molecule has 66 valence electrons. The first-order valence-corrected chi connectivity index (χ1v) is 4.01. The van der Waals surface area contributed by atoms with Crippen LogP contribution in [0.4, 0.5) is 5.69 Å². The van der Waals surface area contributed by atoms with Crippen molar-refractivity contribution >= 4 is 5.69 Å². The molecule has 13 heavy (non-hydrogen) atoms. The summed E-state index contributed by atoms with van der Waals surface area (Å²) in [7, 11) is 0. The van der Waals surface area contributed by atoms with Gasteiger partial charge in [-0.1, -0.05) is 6.08 Å². The second kappa shape index (κ2) is 4.27. The van der Waals surface area contributed by atoms with Crippen LogP contribution in [0.15, 0.2) is 31.0 Å². The van der Waals surface area contributed by atoms with Crippen LogP contribution in [0.1, 0.15) is 12.6 Å². The third-order valence-corrected chi connectivity index (χ3v) is 1.63. The van der Waals surface area contributed by atoms with E-state index in [-0.39, 0.29) is 6.04 Å². The van der Waals surface area contributed by atoms with Gasteiger partial charge in [0, 0.05) is 6.04 Å². The molecule has 3 heteroatoms. The van der Waals surface area contributed by atoms with E-state index < -0.39 is 0 Å². The van der Waals surface area contributed by atoms with E-state index >= 15 is 0 Å². The lowest BCUT2D eigenvalue weighted by molar-refractivity contribution is 0.997. The van der Waals surface area contributed by atoms with Crippen LogP contribution in [0.3, 0.4) is 0 Å². The minimum Gasteiger partial charge on any atom is -0.378 e. The van der Waals surface area contributed by atoms with Gasteiger partial charge >= 0.3 is 0 Å². The van der Waals surface area contributed by atoms with Crippen LogP contribution in [-0.2, 0) is 0 Å². The molecule has 1 N–H and O–H groups in total. The van der Waals surface area contributed by atoms with E-state index in [1.807, 2.05) is 19.1 Å². The molecule has 0 amide bonds. The molecule has 0 aliphatic carbocycles. The molecule has 0 saturated heterocycles. The maximum atomic E-state index is 8.51. The zero-order valence-electron chi connectivity index (χ0n) is 7.49. The Morgan fingerprint density at radius 1 is 1.69 bits per heavy atom. The van der Waals surface area contributed by atoms with Gasteiger partial charge in [-0.2, -0.15) is 5.26 Å². The largest absolute Gasteiger partial charge is 0.378 e. The molecule has 1 aromatic rings. The number of nitrogens with one attached hydrogen (secondary N) is 1. The first-order valence-electron chi connectivity index (χ1n) is 4.01. The number of hydrogen-bond donors (Lipinski definition) is 1. The Bertz CT molecular complexity index is 321. The second-order valence-electron chi connectivity index (χ2n) is 2.71. The highest BCUT2D eigenvalue weighted by molar-refractivity contribution is 5.44. The summed E-state index contributed by atoms with van der Waals surface area (Å²) in [6.45, 7) is 5.65. The molecule has 0 radical (unpaired) electrons. The summed E-state index contributed by atoms with van der Waals surface area (Å²) in [5.74, 6) is 0. The van der Waals surface area contributed by atoms with Crippen molar-refractivity contribution in [2.45, 2.75) is 13.0 Å². The molecule has 0 saturated carbocycles. The van der Waals surface area contributed by atoms with Crippen LogP contribution >= 0.6 is 0 Å². The normalized spacial score (nSPS) is 11.4. The van der Waals surface area contributed by atoms with Crippen LogP contribution in [0.5, 0.6) is 0 Å². The minimum absolute atomic E-state index is 0.203. The highest BCUT2D eigenvalue weighted by Gasteiger charge is 1.96.